The summed E-state index contributed by atoms with van der Waals surface area (Å²) < 4.78 is 0. The average Bonchev–Trinajstić information content (AvgIpc) is 3.56. The summed E-state index contributed by atoms with van der Waals surface area (Å²) in [5.74, 6) is 0.368. The minimum atomic E-state index is 0.0626. The largest absolute Gasteiger partial charge is 0.356 e. The Balaban J connectivity index is 5.77. The van der Waals surface area contributed by atoms with E-state index in [0.717, 1.165) is 83.8 Å². The highest BCUT2D eigenvalue weighted by Crippen LogP contribution is 2.14. The first-order valence-electron chi connectivity index (χ1n) is 38.9. The van der Waals surface area contributed by atoms with Gasteiger partial charge >= 0.3 is 0 Å². The molecule has 0 rings (SSSR count). The second-order valence-corrected chi connectivity index (χ2v) is 26.6. The van der Waals surface area contributed by atoms with Gasteiger partial charge in [0.05, 0.1) is 0 Å². The lowest BCUT2D eigenvalue weighted by atomic mass is 10.1. The molecule has 5 amide bonds. The monoisotopic (exact) mass is 1260 g/mol. The molecule has 0 aromatic heterocycles. The molecule has 0 atom stereocenters. The van der Waals surface area contributed by atoms with Gasteiger partial charge in [-0.25, -0.2) is 0 Å². The molecule has 0 bridgehead atoms. The van der Waals surface area contributed by atoms with Crippen LogP contribution in [0.1, 0.15) is 349 Å². The molecule has 0 aliphatic heterocycles. The van der Waals surface area contributed by atoms with Gasteiger partial charge in [-0.1, -0.05) is 285 Å². The second kappa shape index (κ2) is 71.0. The zero-order chi connectivity index (χ0) is 64.8. The van der Waals surface area contributed by atoms with Crippen LogP contribution in [0.15, 0.2) is 0 Å². The Morgan fingerprint density at radius 3 is 0.539 bits per heavy atom. The smallest absolute Gasteiger partial charge is 0.221 e. The maximum atomic E-state index is 13.3. The van der Waals surface area contributed by atoms with E-state index in [1.165, 1.54) is 218 Å². The molecule has 14 nitrogen and oxygen atoms in total. The van der Waals surface area contributed by atoms with Gasteiger partial charge in [-0.3, -0.25) is 24.0 Å². The van der Waals surface area contributed by atoms with Gasteiger partial charge in [-0.05, 0) is 32.1 Å². The van der Waals surface area contributed by atoms with E-state index in [-0.39, 0.29) is 29.5 Å². The first kappa shape index (κ1) is 86.2. The third kappa shape index (κ3) is 66.5. The summed E-state index contributed by atoms with van der Waals surface area (Å²) in [5.41, 5.74) is 0. The van der Waals surface area contributed by atoms with Gasteiger partial charge in [-0.2, -0.15) is 0 Å². The van der Waals surface area contributed by atoms with Crippen LogP contribution in [0.25, 0.3) is 0 Å². The van der Waals surface area contributed by atoms with Gasteiger partial charge in [0.2, 0.25) is 29.5 Å². The highest BCUT2D eigenvalue weighted by molar-refractivity contribution is 5.77. The van der Waals surface area contributed by atoms with Crippen LogP contribution in [0.3, 0.4) is 0 Å². The number of nitrogens with zero attached hydrogens (tertiary/aromatic N) is 3. The molecule has 0 spiro atoms. The number of carbonyl (C=O) groups is 5. The Labute approximate surface area is 551 Å². The van der Waals surface area contributed by atoms with Crippen LogP contribution in [0.5, 0.6) is 0 Å². The van der Waals surface area contributed by atoms with Crippen molar-refractivity contribution in [2.75, 3.05) is 105 Å². The summed E-state index contributed by atoms with van der Waals surface area (Å²) in [7, 11) is 0. The lowest BCUT2D eigenvalue weighted by molar-refractivity contribution is -0.123. The summed E-state index contributed by atoms with van der Waals surface area (Å²) in [6, 6.07) is 0. The molecule has 0 unspecified atom stereocenters. The predicted molar refractivity (Wildman–Crippen MR) is 382 cm³/mol. The zero-order valence-corrected chi connectivity index (χ0v) is 59.8. The number of carbonyl (C=O) groups excluding carboxylic acids is 5. The number of rotatable bonds is 73. The average molecular weight is 1260 g/mol. The van der Waals surface area contributed by atoms with E-state index < -0.39 is 0 Å². The molecule has 0 aliphatic rings. The van der Waals surface area contributed by atoms with Crippen molar-refractivity contribution in [3.05, 3.63) is 0 Å². The molecule has 89 heavy (non-hydrogen) atoms. The Morgan fingerprint density at radius 1 is 0.191 bits per heavy atom. The number of hydrogen-bond acceptors (Lipinski definition) is 9. The van der Waals surface area contributed by atoms with Crippen LogP contribution in [0.4, 0.5) is 0 Å². The molecule has 0 radical (unpaired) electrons. The summed E-state index contributed by atoms with van der Waals surface area (Å²) in [5, 5.41) is 19.6. The van der Waals surface area contributed by atoms with Crippen LogP contribution < -0.4 is 31.9 Å². The molecule has 0 aliphatic carbocycles. The number of nitrogens with one attached hydrogen (secondary N) is 6. The Bertz CT molecular complexity index is 1540. The maximum Gasteiger partial charge on any atom is 0.221 e. The van der Waals surface area contributed by atoms with Crippen LogP contribution in [-0.2, 0) is 24.0 Å². The van der Waals surface area contributed by atoms with E-state index in [4.69, 9.17) is 0 Å². The third-order valence-electron chi connectivity index (χ3n) is 18.0. The van der Waals surface area contributed by atoms with Gasteiger partial charge < -0.3 is 46.6 Å². The summed E-state index contributed by atoms with van der Waals surface area (Å²) in [4.78, 5) is 72.9. The summed E-state index contributed by atoms with van der Waals surface area (Å²) in [6.07, 6.45) is 56.9. The lowest BCUT2D eigenvalue weighted by Gasteiger charge is -2.28. The third-order valence-corrected chi connectivity index (χ3v) is 18.0. The van der Waals surface area contributed by atoms with Gasteiger partial charge in [0, 0.05) is 137 Å². The van der Waals surface area contributed by atoms with E-state index >= 15 is 0 Å². The minimum absolute atomic E-state index is 0.0626. The van der Waals surface area contributed by atoms with Gasteiger partial charge in [0.1, 0.15) is 0 Å². The number of hydrogen-bond donors (Lipinski definition) is 6. The molecular weight excluding hydrogens is 1110 g/mol. The Kier molecular flexibility index (Phi) is 68.8. The SMILES string of the molecule is CCCCCCCCCCCCNC(=O)CCN(CCNCCN(CCC(=O)NCCCCCCCCCCCC)CCN(CCC(=O)NCCCCCCCC)CCC(=O)NCCCCCCCCCCCC)CCC(=O)NCCCCCCCCCC. The van der Waals surface area contributed by atoms with Crippen molar-refractivity contribution in [2.45, 2.75) is 349 Å². The standard InChI is InChI=1S/C75H151N9O5/c1-6-11-16-21-26-30-33-37-42-47-57-78-72(86)51-63-82(62-50-71(85)77-56-46-41-36-29-24-19-14-9-4)67-60-76-61-68-84(66-54-75(89)81-59-49-44-39-35-32-28-23-18-13-8-3)70-69-83(64-52-73(87)79-55-45-40-25-20-15-10-5)65-53-74(88)80-58-48-43-38-34-31-27-22-17-12-7-2/h76H,6-70H2,1-5H3,(H,77,85)(H,78,86)(H,79,87)(H,80,88)(H,81,89). The molecule has 0 fully saturated rings. The fourth-order valence-electron chi connectivity index (χ4n) is 11.8. The topological polar surface area (TPSA) is 167 Å². The van der Waals surface area contributed by atoms with Crippen LogP contribution in [0, 0.1) is 0 Å². The lowest BCUT2D eigenvalue weighted by Crippen LogP contribution is -2.43. The first-order valence-corrected chi connectivity index (χ1v) is 38.9. The highest BCUT2D eigenvalue weighted by Gasteiger charge is 2.16. The second-order valence-electron chi connectivity index (χ2n) is 26.6. The van der Waals surface area contributed by atoms with E-state index in [0.29, 0.717) is 117 Å². The first-order chi connectivity index (χ1) is 43.7. The molecule has 0 saturated heterocycles. The quantitative estimate of drug-likeness (QED) is 0.0325. The molecule has 0 aromatic rings. The minimum Gasteiger partial charge on any atom is -0.356 e. The molecule has 6 N–H and O–H groups in total. The van der Waals surface area contributed by atoms with E-state index in [9.17, 15) is 24.0 Å². The highest BCUT2D eigenvalue weighted by atomic mass is 16.2. The van der Waals surface area contributed by atoms with Crippen LogP contribution in [-0.4, -0.2) is 149 Å². The fourth-order valence-corrected chi connectivity index (χ4v) is 11.8. The normalized spacial score (nSPS) is 11.6. The van der Waals surface area contributed by atoms with Crippen molar-refractivity contribution in [1.82, 2.24) is 46.6 Å². The summed E-state index contributed by atoms with van der Waals surface area (Å²) >= 11 is 0. The van der Waals surface area contributed by atoms with Crippen LogP contribution >= 0.6 is 0 Å². The van der Waals surface area contributed by atoms with Gasteiger partial charge in [0.15, 0.2) is 0 Å². The Morgan fingerprint density at radius 2 is 0.348 bits per heavy atom. The summed E-state index contributed by atoms with van der Waals surface area (Å²) in [6.45, 7) is 22.1. The van der Waals surface area contributed by atoms with Gasteiger partial charge in [0.25, 0.3) is 0 Å². The van der Waals surface area contributed by atoms with Crippen LogP contribution in [0.2, 0.25) is 0 Å². The van der Waals surface area contributed by atoms with E-state index in [2.05, 4.69) is 81.2 Å². The number of unbranched alkanes of at least 4 members (excludes halogenated alkanes) is 39. The van der Waals surface area contributed by atoms with Gasteiger partial charge in [-0.15, -0.1) is 0 Å². The zero-order valence-electron chi connectivity index (χ0n) is 59.8. The van der Waals surface area contributed by atoms with Crippen molar-refractivity contribution in [3.63, 3.8) is 0 Å². The molecule has 0 heterocycles. The predicted octanol–water partition coefficient (Wildman–Crippen LogP) is 16.3. The van der Waals surface area contributed by atoms with Crippen molar-refractivity contribution in [1.29, 1.82) is 0 Å². The molecular formula is C75H151N9O5. The molecule has 14 heteroatoms. The van der Waals surface area contributed by atoms with E-state index in [1.54, 1.807) is 0 Å². The van der Waals surface area contributed by atoms with Crippen molar-refractivity contribution >= 4 is 29.5 Å². The maximum absolute atomic E-state index is 13.3. The fraction of sp³-hybridized carbons (Fsp3) is 0.933. The van der Waals surface area contributed by atoms with Crippen molar-refractivity contribution < 1.29 is 24.0 Å². The Hall–Kier alpha value is -2.81. The van der Waals surface area contributed by atoms with Crippen molar-refractivity contribution in [2.24, 2.45) is 0 Å². The van der Waals surface area contributed by atoms with E-state index in [1.807, 2.05) is 0 Å². The molecule has 0 saturated carbocycles. The molecule has 0 aromatic carbocycles. The number of amides is 5. The molecule has 526 valence electrons. The van der Waals surface area contributed by atoms with Crippen molar-refractivity contribution in [3.8, 4) is 0 Å².